The van der Waals surface area contributed by atoms with Gasteiger partial charge in [0.1, 0.15) is 0 Å². The number of carboxylic acid groups (broad SMARTS) is 2. The van der Waals surface area contributed by atoms with Gasteiger partial charge < -0.3 is 15.5 Å². The van der Waals surface area contributed by atoms with Gasteiger partial charge in [0, 0.05) is 18.1 Å². The summed E-state index contributed by atoms with van der Waals surface area (Å²) in [6.07, 6.45) is 1.35. The predicted octanol–water partition coefficient (Wildman–Crippen LogP) is 1.56. The molecule has 0 aliphatic rings. The van der Waals surface area contributed by atoms with Crippen molar-refractivity contribution in [2.75, 3.05) is 0 Å². The van der Waals surface area contributed by atoms with Crippen LogP contribution in [0.1, 0.15) is 20.8 Å². The van der Waals surface area contributed by atoms with Crippen LogP contribution in [0.15, 0.2) is 37.1 Å². The zero-order valence-electron chi connectivity index (χ0n) is 10.8. The SMILES string of the molecule is C=C(C)C(=O)O.C=C(C)C(=O)O.C=CNC(C)=O. The standard InChI is InChI=1S/C4H7NO.2C4H6O2/c1-3-5-4(2)6;2*1-3(2)4(5)6/h3H,1H2,2H3,(H,5,6);2*1H2,2H3,(H,5,6). The summed E-state index contributed by atoms with van der Waals surface area (Å²) in [6, 6.07) is 0. The molecule has 0 radical (unpaired) electrons. The lowest BCUT2D eigenvalue weighted by molar-refractivity contribution is -0.133. The molecule has 0 aromatic rings. The molecule has 0 atom stereocenters. The summed E-state index contributed by atoms with van der Waals surface area (Å²) >= 11 is 0. The van der Waals surface area contributed by atoms with Gasteiger partial charge in [0.2, 0.25) is 5.91 Å². The average Bonchev–Trinajstić information content (AvgIpc) is 2.18. The average molecular weight is 257 g/mol. The molecule has 0 rings (SSSR count). The van der Waals surface area contributed by atoms with Gasteiger partial charge in [0.25, 0.3) is 0 Å². The highest BCUT2D eigenvalue weighted by molar-refractivity contribution is 5.85. The third-order valence-electron chi connectivity index (χ3n) is 1.04. The molecule has 6 heteroatoms. The first-order valence-corrected chi connectivity index (χ1v) is 4.71. The van der Waals surface area contributed by atoms with Gasteiger partial charge in [0.05, 0.1) is 0 Å². The second-order valence-corrected chi connectivity index (χ2v) is 3.08. The van der Waals surface area contributed by atoms with E-state index in [1.807, 2.05) is 0 Å². The van der Waals surface area contributed by atoms with Crippen molar-refractivity contribution in [2.45, 2.75) is 20.8 Å². The van der Waals surface area contributed by atoms with Gasteiger partial charge in [-0.3, -0.25) is 4.79 Å². The predicted molar refractivity (Wildman–Crippen MR) is 68.9 cm³/mol. The van der Waals surface area contributed by atoms with Crippen LogP contribution in [0.4, 0.5) is 0 Å². The summed E-state index contributed by atoms with van der Waals surface area (Å²) in [5.41, 5.74) is 0.352. The van der Waals surface area contributed by atoms with E-state index in [4.69, 9.17) is 10.2 Å². The largest absolute Gasteiger partial charge is 0.478 e. The molecule has 0 saturated carbocycles. The molecule has 3 N–H and O–H groups in total. The van der Waals surface area contributed by atoms with Gasteiger partial charge in [-0.15, -0.1) is 0 Å². The van der Waals surface area contributed by atoms with Crippen molar-refractivity contribution in [2.24, 2.45) is 0 Å². The van der Waals surface area contributed by atoms with Gasteiger partial charge in [0.15, 0.2) is 0 Å². The fourth-order valence-electron chi connectivity index (χ4n) is 0.144. The Morgan fingerprint density at radius 3 is 1.17 bits per heavy atom. The molecule has 0 aliphatic heterocycles. The summed E-state index contributed by atoms with van der Waals surface area (Å²) in [5.74, 6) is -1.95. The van der Waals surface area contributed by atoms with Crippen LogP contribution in [0.5, 0.6) is 0 Å². The van der Waals surface area contributed by atoms with Crippen LogP contribution in [-0.4, -0.2) is 28.1 Å². The molecule has 0 fully saturated rings. The molecular formula is C12H19NO5. The van der Waals surface area contributed by atoms with E-state index < -0.39 is 11.9 Å². The molecular weight excluding hydrogens is 238 g/mol. The van der Waals surface area contributed by atoms with Gasteiger partial charge in [-0.2, -0.15) is 0 Å². The smallest absolute Gasteiger partial charge is 0.330 e. The lowest BCUT2D eigenvalue weighted by atomic mass is 10.4. The number of rotatable bonds is 3. The molecule has 0 aromatic heterocycles. The highest BCUT2D eigenvalue weighted by Crippen LogP contribution is 1.81. The summed E-state index contributed by atoms with van der Waals surface area (Å²) in [5, 5.41) is 18.1. The molecule has 0 heterocycles. The van der Waals surface area contributed by atoms with E-state index in [9.17, 15) is 14.4 Å². The summed E-state index contributed by atoms with van der Waals surface area (Å²) in [7, 11) is 0. The highest BCUT2D eigenvalue weighted by atomic mass is 16.4. The van der Waals surface area contributed by atoms with E-state index in [-0.39, 0.29) is 17.1 Å². The minimum absolute atomic E-state index is 0.0787. The van der Waals surface area contributed by atoms with Crippen molar-refractivity contribution in [3.05, 3.63) is 37.1 Å². The van der Waals surface area contributed by atoms with Gasteiger partial charge >= 0.3 is 11.9 Å². The van der Waals surface area contributed by atoms with Crippen molar-refractivity contribution in [3.8, 4) is 0 Å². The van der Waals surface area contributed by atoms with Crippen LogP contribution in [0.2, 0.25) is 0 Å². The Bertz CT molecular complexity index is 296. The number of aliphatic carboxylic acids is 2. The molecule has 0 unspecified atom stereocenters. The maximum atomic E-state index is 9.86. The van der Waals surface area contributed by atoms with Crippen LogP contribution in [0, 0.1) is 0 Å². The second-order valence-electron chi connectivity index (χ2n) is 3.08. The van der Waals surface area contributed by atoms with Crippen LogP contribution in [0.3, 0.4) is 0 Å². The quantitative estimate of drug-likeness (QED) is 0.665. The molecule has 1 amide bonds. The number of carbonyl (C=O) groups is 3. The lowest BCUT2D eigenvalue weighted by Crippen LogP contribution is -2.10. The Labute approximate surface area is 106 Å². The molecule has 102 valence electrons. The Morgan fingerprint density at radius 1 is 0.944 bits per heavy atom. The maximum absolute atomic E-state index is 9.86. The number of carboxylic acids is 2. The summed E-state index contributed by atoms with van der Waals surface area (Å²) < 4.78 is 0. The number of nitrogens with one attached hydrogen (secondary N) is 1. The van der Waals surface area contributed by atoms with E-state index in [2.05, 4.69) is 25.1 Å². The fraction of sp³-hybridized carbons (Fsp3) is 0.250. The van der Waals surface area contributed by atoms with E-state index in [0.29, 0.717) is 0 Å². The topological polar surface area (TPSA) is 104 Å². The van der Waals surface area contributed by atoms with Crippen molar-refractivity contribution >= 4 is 17.8 Å². The minimum atomic E-state index is -0.935. The minimum Gasteiger partial charge on any atom is -0.478 e. The number of amides is 1. The molecule has 0 aliphatic carbocycles. The first-order chi connectivity index (χ1) is 8.06. The third kappa shape index (κ3) is 29.2. The van der Waals surface area contributed by atoms with Crippen molar-refractivity contribution < 1.29 is 24.6 Å². The molecule has 6 nitrogen and oxygen atoms in total. The number of hydrogen-bond donors (Lipinski definition) is 3. The first-order valence-electron chi connectivity index (χ1n) is 4.71. The summed E-state index contributed by atoms with van der Waals surface area (Å²) in [4.78, 5) is 29.1. The number of hydrogen-bond acceptors (Lipinski definition) is 3. The van der Waals surface area contributed by atoms with Crippen LogP contribution in [-0.2, 0) is 14.4 Å². The number of carbonyl (C=O) groups excluding carboxylic acids is 1. The molecule has 0 aromatic carbocycles. The Morgan fingerprint density at radius 2 is 1.17 bits per heavy atom. The maximum Gasteiger partial charge on any atom is 0.330 e. The zero-order chi connectivity index (χ0) is 15.3. The summed E-state index contributed by atoms with van der Waals surface area (Å²) in [6.45, 7) is 13.9. The fourth-order valence-corrected chi connectivity index (χ4v) is 0.144. The Hall–Kier alpha value is -2.37. The lowest BCUT2D eigenvalue weighted by Gasteiger charge is -1.83. The van der Waals surface area contributed by atoms with E-state index >= 15 is 0 Å². The van der Waals surface area contributed by atoms with Crippen molar-refractivity contribution in [1.29, 1.82) is 0 Å². The van der Waals surface area contributed by atoms with Crippen LogP contribution in [0.25, 0.3) is 0 Å². The van der Waals surface area contributed by atoms with Crippen LogP contribution < -0.4 is 5.32 Å². The van der Waals surface area contributed by atoms with Gasteiger partial charge in [-0.05, 0) is 20.0 Å². The van der Waals surface area contributed by atoms with Crippen molar-refractivity contribution in [3.63, 3.8) is 0 Å². The third-order valence-corrected chi connectivity index (χ3v) is 1.04. The van der Waals surface area contributed by atoms with E-state index in [1.54, 1.807) is 0 Å². The molecule has 18 heavy (non-hydrogen) atoms. The molecule has 0 bridgehead atoms. The first kappa shape index (κ1) is 21.0. The normalized spacial score (nSPS) is 7.28. The second kappa shape index (κ2) is 12.7. The van der Waals surface area contributed by atoms with Gasteiger partial charge in [-0.1, -0.05) is 19.7 Å². The van der Waals surface area contributed by atoms with Crippen LogP contribution >= 0.6 is 0 Å². The highest BCUT2D eigenvalue weighted by Gasteiger charge is 1.90. The van der Waals surface area contributed by atoms with E-state index in [1.165, 1.54) is 27.0 Å². The Kier molecular flexibility index (Phi) is 14.8. The monoisotopic (exact) mass is 257 g/mol. The Balaban J connectivity index is -0.000000187. The van der Waals surface area contributed by atoms with E-state index in [0.717, 1.165) is 0 Å². The van der Waals surface area contributed by atoms with Crippen molar-refractivity contribution in [1.82, 2.24) is 5.32 Å². The molecule has 0 saturated heterocycles. The van der Waals surface area contributed by atoms with Gasteiger partial charge in [-0.25, -0.2) is 9.59 Å². The zero-order valence-corrected chi connectivity index (χ0v) is 10.8. The molecule has 0 spiro atoms.